The quantitative estimate of drug-likeness (QED) is 0.773. The number of phenols is 1. The van der Waals surface area contributed by atoms with Crippen molar-refractivity contribution in [2.75, 3.05) is 13.7 Å². The first kappa shape index (κ1) is 19.6. The number of ether oxygens (including phenoxy) is 3. The van der Waals surface area contributed by atoms with Gasteiger partial charge >= 0.3 is 12.1 Å². The molecular formula is C17H25NO6. The molecule has 1 rings (SSSR count). The maximum atomic E-state index is 12.1. The van der Waals surface area contributed by atoms with Crippen LogP contribution >= 0.6 is 0 Å². The molecule has 0 fully saturated rings. The lowest BCUT2D eigenvalue weighted by Gasteiger charge is -2.23. The third-order valence-corrected chi connectivity index (χ3v) is 2.99. The molecule has 0 saturated carbocycles. The molecule has 1 atom stereocenters. The van der Waals surface area contributed by atoms with Crippen molar-refractivity contribution in [2.24, 2.45) is 0 Å². The number of carbonyl (C=O) groups excluding carboxylic acids is 2. The summed E-state index contributed by atoms with van der Waals surface area (Å²) in [6.45, 7) is 7.01. The molecule has 0 bridgehead atoms. The van der Waals surface area contributed by atoms with E-state index in [0.29, 0.717) is 5.56 Å². The van der Waals surface area contributed by atoms with E-state index in [-0.39, 0.29) is 24.5 Å². The molecule has 0 heterocycles. The van der Waals surface area contributed by atoms with Crippen LogP contribution in [-0.4, -0.2) is 42.5 Å². The molecular weight excluding hydrogens is 314 g/mol. The summed E-state index contributed by atoms with van der Waals surface area (Å²) in [4.78, 5) is 24.1. The summed E-state index contributed by atoms with van der Waals surface area (Å²) in [5.41, 5.74) is -0.245. The molecule has 2 N–H and O–H groups in total. The minimum absolute atomic E-state index is 0.0428. The Hall–Kier alpha value is -2.44. The van der Waals surface area contributed by atoms with Gasteiger partial charge in [0.15, 0.2) is 11.5 Å². The van der Waals surface area contributed by atoms with E-state index < -0.39 is 23.7 Å². The molecule has 1 aromatic carbocycles. The fourth-order valence-electron chi connectivity index (χ4n) is 2.00. The Balaban J connectivity index is 2.95. The maximum absolute atomic E-state index is 12.1. The summed E-state index contributed by atoms with van der Waals surface area (Å²) >= 11 is 0. The lowest BCUT2D eigenvalue weighted by molar-refractivity contribution is -0.145. The molecule has 0 aromatic heterocycles. The Labute approximate surface area is 141 Å². The molecule has 7 nitrogen and oxygen atoms in total. The summed E-state index contributed by atoms with van der Waals surface area (Å²) in [5, 5.41) is 12.6. The van der Waals surface area contributed by atoms with Gasteiger partial charge in [0.05, 0.1) is 13.7 Å². The molecule has 0 aliphatic carbocycles. The summed E-state index contributed by atoms with van der Waals surface area (Å²) < 4.78 is 15.2. The van der Waals surface area contributed by atoms with Crippen molar-refractivity contribution < 1.29 is 28.9 Å². The highest BCUT2D eigenvalue weighted by Crippen LogP contribution is 2.30. The molecule has 0 aliphatic heterocycles. The highest BCUT2D eigenvalue weighted by atomic mass is 16.6. The Morgan fingerprint density at radius 1 is 1.29 bits per heavy atom. The SMILES string of the molecule is CCOC(=O)C(Cc1cccc(OC)c1O)NC(=O)OC(C)(C)C. The molecule has 1 aromatic rings. The molecule has 24 heavy (non-hydrogen) atoms. The number of nitrogens with one attached hydrogen (secondary N) is 1. The summed E-state index contributed by atoms with van der Waals surface area (Å²) in [6, 6.07) is 3.93. The van der Waals surface area contributed by atoms with Gasteiger partial charge in [0, 0.05) is 12.0 Å². The first-order chi connectivity index (χ1) is 11.2. The van der Waals surface area contributed by atoms with Crippen LogP contribution in [0.2, 0.25) is 0 Å². The standard InChI is InChI=1S/C17H25NO6/c1-6-23-15(20)12(18-16(21)24-17(2,3)4)10-11-8-7-9-13(22-5)14(11)19/h7-9,12,19H,6,10H2,1-5H3,(H,18,21). The molecule has 7 heteroatoms. The van der Waals surface area contributed by atoms with Crippen molar-refractivity contribution in [1.82, 2.24) is 5.32 Å². The summed E-state index contributed by atoms with van der Waals surface area (Å²) in [6.07, 6.45) is -0.691. The third kappa shape index (κ3) is 5.98. The van der Waals surface area contributed by atoms with Gasteiger partial charge in [-0.2, -0.15) is 0 Å². The van der Waals surface area contributed by atoms with Gasteiger partial charge in [-0.25, -0.2) is 9.59 Å². The van der Waals surface area contributed by atoms with Crippen LogP contribution in [0, 0.1) is 0 Å². The number of esters is 1. The summed E-state index contributed by atoms with van der Waals surface area (Å²) in [5.74, 6) is -0.404. The third-order valence-electron chi connectivity index (χ3n) is 2.99. The van der Waals surface area contributed by atoms with E-state index in [4.69, 9.17) is 14.2 Å². The molecule has 1 unspecified atom stereocenters. The van der Waals surface area contributed by atoms with Gasteiger partial charge in [-0.15, -0.1) is 0 Å². The minimum Gasteiger partial charge on any atom is -0.504 e. The first-order valence-electron chi connectivity index (χ1n) is 7.69. The van der Waals surface area contributed by atoms with E-state index >= 15 is 0 Å². The number of hydrogen-bond donors (Lipinski definition) is 2. The molecule has 1 amide bonds. The predicted octanol–water partition coefficient (Wildman–Crippen LogP) is 2.40. The Bertz CT molecular complexity index is 579. The monoisotopic (exact) mass is 339 g/mol. The number of phenolic OH excluding ortho intramolecular Hbond substituents is 1. The molecule has 0 saturated heterocycles. The predicted molar refractivity (Wildman–Crippen MR) is 88.2 cm³/mol. The van der Waals surface area contributed by atoms with E-state index in [1.54, 1.807) is 45.9 Å². The van der Waals surface area contributed by atoms with Crippen LogP contribution in [0.1, 0.15) is 33.3 Å². The second-order valence-corrected chi connectivity index (χ2v) is 6.12. The fourth-order valence-corrected chi connectivity index (χ4v) is 2.00. The minimum atomic E-state index is -0.988. The van der Waals surface area contributed by atoms with Crippen LogP contribution in [-0.2, 0) is 20.7 Å². The number of amides is 1. The molecule has 0 spiro atoms. The topological polar surface area (TPSA) is 94.1 Å². The van der Waals surface area contributed by atoms with Gasteiger partial charge in [-0.05, 0) is 33.8 Å². The second-order valence-electron chi connectivity index (χ2n) is 6.12. The Morgan fingerprint density at radius 3 is 2.50 bits per heavy atom. The smallest absolute Gasteiger partial charge is 0.408 e. The van der Waals surface area contributed by atoms with E-state index in [0.717, 1.165) is 0 Å². The van der Waals surface area contributed by atoms with Crippen molar-refractivity contribution >= 4 is 12.1 Å². The molecule has 0 aliphatic rings. The maximum Gasteiger partial charge on any atom is 0.408 e. The number of rotatable bonds is 6. The average molecular weight is 339 g/mol. The van der Waals surface area contributed by atoms with Gasteiger partial charge in [0.1, 0.15) is 11.6 Å². The van der Waals surface area contributed by atoms with Crippen molar-refractivity contribution in [1.29, 1.82) is 0 Å². The van der Waals surface area contributed by atoms with Gasteiger partial charge in [-0.1, -0.05) is 12.1 Å². The van der Waals surface area contributed by atoms with Crippen molar-refractivity contribution in [2.45, 2.75) is 45.8 Å². The number of benzene rings is 1. The number of para-hydroxylation sites is 1. The molecule has 0 radical (unpaired) electrons. The number of methoxy groups -OCH3 is 1. The zero-order valence-electron chi connectivity index (χ0n) is 14.7. The largest absolute Gasteiger partial charge is 0.504 e. The highest BCUT2D eigenvalue weighted by molar-refractivity contribution is 5.82. The summed E-state index contributed by atoms with van der Waals surface area (Å²) in [7, 11) is 1.43. The Kier molecular flexibility index (Phi) is 6.88. The fraction of sp³-hybridized carbons (Fsp3) is 0.529. The van der Waals surface area contributed by atoms with E-state index in [2.05, 4.69) is 5.32 Å². The van der Waals surface area contributed by atoms with Gasteiger partial charge in [-0.3, -0.25) is 0 Å². The van der Waals surface area contributed by atoms with E-state index in [1.165, 1.54) is 7.11 Å². The van der Waals surface area contributed by atoms with Crippen LogP contribution in [0.25, 0.3) is 0 Å². The lowest BCUT2D eigenvalue weighted by Crippen LogP contribution is -2.45. The normalized spacial score (nSPS) is 12.2. The van der Waals surface area contributed by atoms with Crippen LogP contribution in [0.3, 0.4) is 0 Å². The second kappa shape index (κ2) is 8.42. The first-order valence-corrected chi connectivity index (χ1v) is 7.69. The van der Waals surface area contributed by atoms with E-state index in [9.17, 15) is 14.7 Å². The zero-order valence-corrected chi connectivity index (χ0v) is 14.7. The number of carbonyl (C=O) groups is 2. The zero-order chi connectivity index (χ0) is 18.3. The van der Waals surface area contributed by atoms with Crippen LogP contribution in [0.15, 0.2) is 18.2 Å². The van der Waals surface area contributed by atoms with Crippen molar-refractivity contribution in [3.05, 3.63) is 23.8 Å². The van der Waals surface area contributed by atoms with Crippen LogP contribution < -0.4 is 10.1 Å². The van der Waals surface area contributed by atoms with Crippen molar-refractivity contribution in [3.8, 4) is 11.5 Å². The van der Waals surface area contributed by atoms with Gasteiger partial charge in [0.2, 0.25) is 0 Å². The van der Waals surface area contributed by atoms with E-state index in [1.807, 2.05) is 0 Å². The van der Waals surface area contributed by atoms with Crippen molar-refractivity contribution in [3.63, 3.8) is 0 Å². The Morgan fingerprint density at radius 2 is 1.96 bits per heavy atom. The average Bonchev–Trinajstić information content (AvgIpc) is 2.46. The lowest BCUT2D eigenvalue weighted by atomic mass is 10.0. The molecule has 134 valence electrons. The number of hydrogen-bond acceptors (Lipinski definition) is 6. The number of aromatic hydroxyl groups is 1. The van der Waals surface area contributed by atoms with Crippen LogP contribution in [0.4, 0.5) is 4.79 Å². The number of alkyl carbamates (subject to hydrolysis) is 1. The highest BCUT2D eigenvalue weighted by Gasteiger charge is 2.27. The van der Waals surface area contributed by atoms with Crippen LogP contribution in [0.5, 0.6) is 11.5 Å². The van der Waals surface area contributed by atoms with Gasteiger partial charge < -0.3 is 24.6 Å². The van der Waals surface area contributed by atoms with Gasteiger partial charge in [0.25, 0.3) is 0 Å².